The molecule has 2 aliphatic rings. The summed E-state index contributed by atoms with van der Waals surface area (Å²) in [5.74, 6) is 0.550. The van der Waals surface area contributed by atoms with Gasteiger partial charge in [-0.15, -0.1) is 11.3 Å². The van der Waals surface area contributed by atoms with Crippen molar-refractivity contribution in [3.05, 3.63) is 21.9 Å². The van der Waals surface area contributed by atoms with Gasteiger partial charge in [0, 0.05) is 15.7 Å². The van der Waals surface area contributed by atoms with Crippen molar-refractivity contribution in [1.29, 1.82) is 0 Å². The highest BCUT2D eigenvalue weighted by Gasteiger charge is 2.57. The summed E-state index contributed by atoms with van der Waals surface area (Å²) in [6.07, 6.45) is 4.52. The van der Waals surface area contributed by atoms with Crippen LogP contribution in [0.5, 0.6) is 0 Å². The van der Waals surface area contributed by atoms with E-state index in [1.54, 1.807) is 0 Å². The minimum Gasteiger partial charge on any atom is -0.351 e. The Balaban J connectivity index is 1.49. The van der Waals surface area contributed by atoms with Gasteiger partial charge < -0.3 is 10.6 Å². The second-order valence-electron chi connectivity index (χ2n) is 5.81. The van der Waals surface area contributed by atoms with Crippen LogP contribution in [0.25, 0.3) is 0 Å². The number of hydrogen-bond acceptors (Lipinski definition) is 3. The third kappa shape index (κ3) is 2.70. The molecule has 1 amide bonds. The summed E-state index contributed by atoms with van der Waals surface area (Å²) in [7, 11) is 0. The number of nitrogens with one attached hydrogen (secondary N) is 2. The molecule has 1 atom stereocenters. The summed E-state index contributed by atoms with van der Waals surface area (Å²) < 4.78 is 0. The second kappa shape index (κ2) is 5.25. The maximum atomic E-state index is 12.2. The van der Waals surface area contributed by atoms with E-state index in [4.69, 9.17) is 0 Å². The molecule has 1 unspecified atom stereocenters. The van der Waals surface area contributed by atoms with Gasteiger partial charge in [0.2, 0.25) is 5.91 Å². The Kier molecular flexibility index (Phi) is 3.63. The van der Waals surface area contributed by atoms with Crippen LogP contribution in [0.4, 0.5) is 0 Å². The molecule has 1 saturated heterocycles. The van der Waals surface area contributed by atoms with E-state index in [9.17, 15) is 4.79 Å². The lowest BCUT2D eigenvalue weighted by molar-refractivity contribution is -0.123. The van der Waals surface area contributed by atoms with Crippen LogP contribution >= 0.6 is 11.3 Å². The molecule has 1 aromatic rings. The van der Waals surface area contributed by atoms with Gasteiger partial charge in [-0.3, -0.25) is 4.79 Å². The van der Waals surface area contributed by atoms with E-state index in [-0.39, 0.29) is 11.8 Å². The lowest BCUT2D eigenvalue weighted by Gasteiger charge is -2.23. The Hall–Kier alpha value is -0.870. The SMILES string of the molecule is CCc1ccc(CNC(=O)C2CC23CCNCC3)s1. The van der Waals surface area contributed by atoms with E-state index in [1.807, 2.05) is 11.3 Å². The zero-order chi connectivity index (χ0) is 13.3. The van der Waals surface area contributed by atoms with E-state index in [1.165, 1.54) is 22.6 Å². The summed E-state index contributed by atoms with van der Waals surface area (Å²) in [5, 5.41) is 6.50. The first-order chi connectivity index (χ1) is 9.23. The van der Waals surface area contributed by atoms with Crippen LogP contribution in [-0.4, -0.2) is 19.0 Å². The van der Waals surface area contributed by atoms with Crippen LogP contribution in [-0.2, 0) is 17.8 Å². The van der Waals surface area contributed by atoms with E-state index in [2.05, 4.69) is 29.7 Å². The molecule has 19 heavy (non-hydrogen) atoms. The first-order valence-corrected chi connectivity index (χ1v) is 8.11. The van der Waals surface area contributed by atoms with Crippen molar-refractivity contribution in [3.8, 4) is 0 Å². The summed E-state index contributed by atoms with van der Waals surface area (Å²) in [4.78, 5) is 14.9. The van der Waals surface area contributed by atoms with Gasteiger partial charge in [0.05, 0.1) is 6.54 Å². The normalized spacial score (nSPS) is 24.4. The van der Waals surface area contributed by atoms with E-state index >= 15 is 0 Å². The van der Waals surface area contributed by atoms with Crippen LogP contribution < -0.4 is 10.6 Å². The van der Waals surface area contributed by atoms with Crippen LogP contribution in [0.1, 0.15) is 35.9 Å². The van der Waals surface area contributed by atoms with Gasteiger partial charge in [0.1, 0.15) is 0 Å². The van der Waals surface area contributed by atoms with E-state index in [0.29, 0.717) is 12.0 Å². The molecule has 1 aliphatic heterocycles. The van der Waals surface area contributed by atoms with Gasteiger partial charge in [-0.2, -0.15) is 0 Å². The monoisotopic (exact) mass is 278 g/mol. The Morgan fingerprint density at radius 3 is 2.84 bits per heavy atom. The summed E-state index contributed by atoms with van der Waals surface area (Å²) in [6.45, 7) is 5.02. The van der Waals surface area contributed by atoms with Crippen molar-refractivity contribution in [2.24, 2.45) is 11.3 Å². The van der Waals surface area contributed by atoms with Gasteiger partial charge in [-0.05, 0) is 56.3 Å². The maximum Gasteiger partial charge on any atom is 0.223 e. The predicted molar refractivity (Wildman–Crippen MR) is 78.2 cm³/mol. The van der Waals surface area contributed by atoms with Gasteiger partial charge in [-0.25, -0.2) is 0 Å². The minimum absolute atomic E-state index is 0.272. The fourth-order valence-electron chi connectivity index (χ4n) is 3.20. The molecule has 1 aliphatic carbocycles. The number of carbonyl (C=O) groups excluding carboxylic acids is 1. The van der Waals surface area contributed by atoms with Crippen molar-refractivity contribution in [2.45, 2.75) is 39.2 Å². The largest absolute Gasteiger partial charge is 0.351 e. The van der Waals surface area contributed by atoms with Gasteiger partial charge in [0.15, 0.2) is 0 Å². The summed E-state index contributed by atoms with van der Waals surface area (Å²) in [5.41, 5.74) is 0.347. The second-order valence-corrected chi connectivity index (χ2v) is 7.06. The molecule has 0 bridgehead atoms. The number of carbonyl (C=O) groups is 1. The quantitative estimate of drug-likeness (QED) is 0.887. The molecule has 0 radical (unpaired) electrons. The molecule has 1 spiro atoms. The number of thiophene rings is 1. The highest BCUT2D eigenvalue weighted by atomic mass is 32.1. The van der Waals surface area contributed by atoms with Crippen molar-refractivity contribution in [3.63, 3.8) is 0 Å². The smallest absolute Gasteiger partial charge is 0.223 e. The molecule has 3 rings (SSSR count). The molecule has 104 valence electrons. The molecule has 2 heterocycles. The molecular formula is C15H22N2OS. The minimum atomic E-state index is 0.272. The molecule has 3 nitrogen and oxygen atoms in total. The van der Waals surface area contributed by atoms with Crippen LogP contribution in [0, 0.1) is 11.3 Å². The lowest BCUT2D eigenvalue weighted by atomic mass is 9.92. The van der Waals surface area contributed by atoms with Gasteiger partial charge >= 0.3 is 0 Å². The van der Waals surface area contributed by atoms with Crippen molar-refractivity contribution in [1.82, 2.24) is 10.6 Å². The highest BCUT2D eigenvalue weighted by Crippen LogP contribution is 2.58. The first-order valence-electron chi connectivity index (χ1n) is 7.29. The number of rotatable bonds is 4. The van der Waals surface area contributed by atoms with Crippen LogP contribution in [0.15, 0.2) is 12.1 Å². The van der Waals surface area contributed by atoms with Crippen LogP contribution in [0.3, 0.4) is 0 Å². The predicted octanol–water partition coefficient (Wildman–Crippen LogP) is 2.32. The fourth-order valence-corrected chi connectivity index (χ4v) is 4.10. The maximum absolute atomic E-state index is 12.2. The number of piperidine rings is 1. The zero-order valence-electron chi connectivity index (χ0n) is 11.5. The Morgan fingerprint density at radius 2 is 2.16 bits per heavy atom. The number of amides is 1. The average Bonchev–Trinajstić information content (AvgIpc) is 2.93. The summed E-state index contributed by atoms with van der Waals surface area (Å²) >= 11 is 1.81. The third-order valence-corrected chi connectivity index (χ3v) is 5.84. The standard InChI is InChI=1S/C15H22N2OS/c1-2-11-3-4-12(19-11)10-17-14(18)13-9-15(13)5-7-16-8-6-15/h3-4,13,16H,2,5-10H2,1H3,(H,17,18). The van der Waals surface area contributed by atoms with Gasteiger partial charge in [0.25, 0.3) is 0 Å². The Labute approximate surface area is 118 Å². The topological polar surface area (TPSA) is 41.1 Å². The molecule has 4 heteroatoms. The van der Waals surface area contributed by atoms with Crippen LogP contribution in [0.2, 0.25) is 0 Å². The van der Waals surface area contributed by atoms with E-state index in [0.717, 1.165) is 25.9 Å². The number of aryl methyl sites for hydroxylation is 1. The Morgan fingerprint density at radius 1 is 1.42 bits per heavy atom. The molecule has 1 aromatic heterocycles. The lowest BCUT2D eigenvalue weighted by Crippen LogP contribution is -2.33. The fraction of sp³-hybridized carbons (Fsp3) is 0.667. The van der Waals surface area contributed by atoms with Crippen molar-refractivity contribution < 1.29 is 4.79 Å². The molecule has 0 aromatic carbocycles. The molecule has 2 N–H and O–H groups in total. The van der Waals surface area contributed by atoms with Gasteiger partial charge in [-0.1, -0.05) is 6.92 Å². The highest BCUT2D eigenvalue weighted by molar-refractivity contribution is 7.11. The zero-order valence-corrected chi connectivity index (χ0v) is 12.3. The molecule has 2 fully saturated rings. The summed E-state index contributed by atoms with van der Waals surface area (Å²) in [6, 6.07) is 4.30. The van der Waals surface area contributed by atoms with Crippen molar-refractivity contribution >= 4 is 17.2 Å². The van der Waals surface area contributed by atoms with E-state index < -0.39 is 0 Å². The average molecular weight is 278 g/mol. The number of hydrogen-bond donors (Lipinski definition) is 2. The molecular weight excluding hydrogens is 256 g/mol. The molecule has 1 saturated carbocycles. The van der Waals surface area contributed by atoms with Crippen molar-refractivity contribution in [2.75, 3.05) is 13.1 Å². The Bertz CT molecular complexity index is 462. The first kappa shape index (κ1) is 13.1. The third-order valence-electron chi connectivity index (χ3n) is 4.61.